The molecule has 1 atom stereocenters. The standard InChI is InChI=1S/C21H21N3O4S/c25-21(24-13-1-4-20(24)16-9-11-22-12-10-16)17-5-7-19(8-6-17)29(26,27)23-15-18-3-2-14-28-18/h2-3,5-12,14,20,23H,1,4,13,15H2. The number of nitrogens with one attached hydrogen (secondary N) is 1. The second-order valence-electron chi connectivity index (χ2n) is 6.87. The highest BCUT2D eigenvalue weighted by atomic mass is 32.2. The molecule has 7 nitrogen and oxygen atoms in total. The molecule has 29 heavy (non-hydrogen) atoms. The number of hydrogen-bond acceptors (Lipinski definition) is 5. The first-order valence-electron chi connectivity index (χ1n) is 9.37. The summed E-state index contributed by atoms with van der Waals surface area (Å²) in [6.07, 6.45) is 6.78. The summed E-state index contributed by atoms with van der Waals surface area (Å²) in [5.74, 6) is 0.424. The molecule has 2 aromatic heterocycles. The monoisotopic (exact) mass is 411 g/mol. The Morgan fingerprint density at radius 1 is 1.14 bits per heavy atom. The Balaban J connectivity index is 1.47. The number of nitrogens with zero attached hydrogens (tertiary/aromatic N) is 2. The summed E-state index contributed by atoms with van der Waals surface area (Å²) in [6, 6.07) is 13.3. The minimum atomic E-state index is -3.69. The number of sulfonamides is 1. The number of furan rings is 1. The van der Waals surface area contributed by atoms with Gasteiger partial charge in [-0.05, 0) is 66.9 Å². The lowest BCUT2D eigenvalue weighted by atomic mass is 10.1. The first-order valence-corrected chi connectivity index (χ1v) is 10.9. The van der Waals surface area contributed by atoms with Crippen LogP contribution in [0.4, 0.5) is 0 Å². The van der Waals surface area contributed by atoms with Crippen molar-refractivity contribution < 1.29 is 17.6 Å². The lowest BCUT2D eigenvalue weighted by Gasteiger charge is -2.25. The molecule has 1 aromatic carbocycles. The third-order valence-corrected chi connectivity index (χ3v) is 6.45. The van der Waals surface area contributed by atoms with Crippen LogP contribution in [0.3, 0.4) is 0 Å². The zero-order valence-corrected chi connectivity index (χ0v) is 16.5. The molecule has 3 aromatic rings. The van der Waals surface area contributed by atoms with E-state index >= 15 is 0 Å². The summed E-state index contributed by atoms with van der Waals surface area (Å²) in [5, 5.41) is 0. The Hall–Kier alpha value is -2.97. The van der Waals surface area contributed by atoms with Gasteiger partial charge in [-0.2, -0.15) is 0 Å². The van der Waals surface area contributed by atoms with Gasteiger partial charge >= 0.3 is 0 Å². The maximum atomic E-state index is 13.0. The number of carbonyl (C=O) groups is 1. The first kappa shape index (κ1) is 19.4. The van der Waals surface area contributed by atoms with Crippen LogP contribution in [0, 0.1) is 0 Å². The SMILES string of the molecule is O=C(c1ccc(S(=O)(=O)NCc2ccco2)cc1)N1CCCC1c1ccncc1. The topological polar surface area (TPSA) is 92.5 Å². The van der Waals surface area contributed by atoms with Crippen molar-refractivity contribution in [1.29, 1.82) is 0 Å². The lowest BCUT2D eigenvalue weighted by Crippen LogP contribution is -2.30. The van der Waals surface area contributed by atoms with Crippen LogP contribution in [0.25, 0.3) is 0 Å². The second-order valence-corrected chi connectivity index (χ2v) is 8.63. The fourth-order valence-electron chi connectivity index (χ4n) is 3.55. The molecule has 3 heterocycles. The average molecular weight is 411 g/mol. The summed E-state index contributed by atoms with van der Waals surface area (Å²) < 4.78 is 32.5. The molecule has 1 aliphatic rings. The molecule has 1 fully saturated rings. The van der Waals surface area contributed by atoms with Crippen LogP contribution in [-0.4, -0.2) is 30.8 Å². The number of carbonyl (C=O) groups excluding carboxylic acids is 1. The smallest absolute Gasteiger partial charge is 0.254 e. The van der Waals surface area contributed by atoms with Crippen molar-refractivity contribution in [2.45, 2.75) is 30.3 Å². The van der Waals surface area contributed by atoms with Crippen molar-refractivity contribution in [2.24, 2.45) is 0 Å². The van der Waals surface area contributed by atoms with Crippen LogP contribution in [-0.2, 0) is 16.6 Å². The Morgan fingerprint density at radius 3 is 2.59 bits per heavy atom. The third kappa shape index (κ3) is 4.23. The number of amides is 1. The van der Waals surface area contributed by atoms with Gasteiger partial charge in [0.05, 0.1) is 23.7 Å². The number of likely N-dealkylation sites (tertiary alicyclic amines) is 1. The highest BCUT2D eigenvalue weighted by Crippen LogP contribution is 2.32. The Labute approximate surface area is 169 Å². The van der Waals surface area contributed by atoms with Crippen LogP contribution in [0.2, 0.25) is 0 Å². The molecular formula is C21H21N3O4S. The minimum Gasteiger partial charge on any atom is -0.468 e. The second kappa shape index (κ2) is 8.18. The fraction of sp³-hybridized carbons (Fsp3) is 0.238. The van der Waals surface area contributed by atoms with E-state index < -0.39 is 10.0 Å². The molecule has 0 aliphatic carbocycles. The number of pyridine rings is 1. The van der Waals surface area contributed by atoms with Gasteiger partial charge in [0.1, 0.15) is 5.76 Å². The van der Waals surface area contributed by atoms with E-state index in [1.807, 2.05) is 17.0 Å². The van der Waals surface area contributed by atoms with Gasteiger partial charge in [0.15, 0.2) is 0 Å². The van der Waals surface area contributed by atoms with Crippen LogP contribution in [0.15, 0.2) is 76.5 Å². The number of aromatic nitrogens is 1. The largest absolute Gasteiger partial charge is 0.468 e. The van der Waals surface area contributed by atoms with E-state index in [2.05, 4.69) is 9.71 Å². The van der Waals surface area contributed by atoms with Crippen molar-refractivity contribution in [3.63, 3.8) is 0 Å². The van der Waals surface area contributed by atoms with E-state index in [9.17, 15) is 13.2 Å². The normalized spacial score (nSPS) is 16.8. The fourth-order valence-corrected chi connectivity index (χ4v) is 4.54. The van der Waals surface area contributed by atoms with Crippen molar-refractivity contribution in [3.8, 4) is 0 Å². The summed E-state index contributed by atoms with van der Waals surface area (Å²) >= 11 is 0. The molecule has 0 saturated carbocycles. The lowest BCUT2D eigenvalue weighted by molar-refractivity contribution is 0.0735. The van der Waals surface area contributed by atoms with Gasteiger partial charge in [0, 0.05) is 24.5 Å². The first-order chi connectivity index (χ1) is 14.0. The molecule has 0 radical (unpaired) electrons. The molecule has 1 unspecified atom stereocenters. The molecular weight excluding hydrogens is 390 g/mol. The molecule has 1 aliphatic heterocycles. The van der Waals surface area contributed by atoms with Crippen LogP contribution in [0.5, 0.6) is 0 Å². The zero-order chi connectivity index (χ0) is 20.3. The van der Waals surface area contributed by atoms with Gasteiger partial charge in [0.2, 0.25) is 10.0 Å². The predicted octanol–water partition coefficient (Wildman–Crippen LogP) is 3.13. The summed E-state index contributed by atoms with van der Waals surface area (Å²) in [5.41, 5.74) is 1.53. The molecule has 0 spiro atoms. The van der Waals surface area contributed by atoms with E-state index in [0.29, 0.717) is 17.9 Å². The summed E-state index contributed by atoms with van der Waals surface area (Å²) in [4.78, 5) is 19.0. The molecule has 150 valence electrons. The average Bonchev–Trinajstić information content (AvgIpc) is 3.45. The Morgan fingerprint density at radius 2 is 1.90 bits per heavy atom. The van der Waals surface area contributed by atoms with Gasteiger partial charge in [-0.25, -0.2) is 13.1 Å². The van der Waals surface area contributed by atoms with E-state index in [1.54, 1.807) is 36.7 Å². The van der Waals surface area contributed by atoms with E-state index in [0.717, 1.165) is 18.4 Å². The highest BCUT2D eigenvalue weighted by molar-refractivity contribution is 7.89. The minimum absolute atomic E-state index is 0.0175. The Bertz CT molecular complexity index is 1060. The molecule has 1 N–H and O–H groups in total. The third-order valence-electron chi connectivity index (χ3n) is 5.03. The predicted molar refractivity (Wildman–Crippen MR) is 106 cm³/mol. The number of rotatable bonds is 6. The van der Waals surface area contributed by atoms with Crippen LogP contribution >= 0.6 is 0 Å². The number of hydrogen-bond donors (Lipinski definition) is 1. The van der Waals surface area contributed by atoms with E-state index in [1.165, 1.54) is 18.4 Å². The molecule has 8 heteroatoms. The van der Waals surface area contributed by atoms with Crippen molar-refractivity contribution in [3.05, 3.63) is 84.1 Å². The van der Waals surface area contributed by atoms with Gasteiger partial charge in [-0.15, -0.1) is 0 Å². The molecule has 1 saturated heterocycles. The highest BCUT2D eigenvalue weighted by Gasteiger charge is 2.30. The summed E-state index contributed by atoms with van der Waals surface area (Å²) in [7, 11) is -3.69. The van der Waals surface area contributed by atoms with Crippen LogP contribution < -0.4 is 4.72 Å². The van der Waals surface area contributed by atoms with E-state index in [4.69, 9.17) is 4.42 Å². The maximum absolute atomic E-state index is 13.0. The summed E-state index contributed by atoms with van der Waals surface area (Å²) in [6.45, 7) is 0.744. The van der Waals surface area contributed by atoms with Gasteiger partial charge < -0.3 is 9.32 Å². The molecule has 0 bridgehead atoms. The van der Waals surface area contributed by atoms with Crippen molar-refractivity contribution in [2.75, 3.05) is 6.54 Å². The molecule has 1 amide bonds. The maximum Gasteiger partial charge on any atom is 0.254 e. The van der Waals surface area contributed by atoms with E-state index in [-0.39, 0.29) is 23.4 Å². The van der Waals surface area contributed by atoms with Crippen molar-refractivity contribution in [1.82, 2.24) is 14.6 Å². The van der Waals surface area contributed by atoms with Crippen molar-refractivity contribution >= 4 is 15.9 Å². The number of benzene rings is 1. The Kier molecular flexibility index (Phi) is 5.46. The van der Waals surface area contributed by atoms with Gasteiger partial charge in [-0.1, -0.05) is 0 Å². The quantitative estimate of drug-likeness (QED) is 0.673. The zero-order valence-electron chi connectivity index (χ0n) is 15.7. The van der Waals surface area contributed by atoms with Crippen LogP contribution in [0.1, 0.15) is 40.6 Å². The van der Waals surface area contributed by atoms with Gasteiger partial charge in [-0.3, -0.25) is 9.78 Å². The van der Waals surface area contributed by atoms with Gasteiger partial charge in [0.25, 0.3) is 5.91 Å². The molecule has 4 rings (SSSR count).